The van der Waals surface area contributed by atoms with Gasteiger partial charge in [0, 0.05) is 16.5 Å². The molecule has 0 radical (unpaired) electrons. The van der Waals surface area contributed by atoms with Crippen molar-refractivity contribution in [3.63, 3.8) is 0 Å². The molecule has 1 atom stereocenters. The number of amides is 3. The number of fused-ring (bicyclic) bond motifs is 2. The van der Waals surface area contributed by atoms with Crippen LogP contribution < -0.4 is 15.4 Å². The summed E-state index contributed by atoms with van der Waals surface area (Å²) in [5, 5.41) is 5.33. The zero-order chi connectivity index (χ0) is 17.8. The Morgan fingerprint density at radius 1 is 1.24 bits per heavy atom. The van der Waals surface area contributed by atoms with Gasteiger partial charge in [-0.05, 0) is 55.7 Å². The lowest BCUT2D eigenvalue weighted by Crippen LogP contribution is -2.57. The molecule has 2 spiro atoms. The molecule has 4 rings (SSSR count). The van der Waals surface area contributed by atoms with E-state index in [0.29, 0.717) is 24.0 Å². The van der Waals surface area contributed by atoms with E-state index in [1.165, 1.54) is 0 Å². The van der Waals surface area contributed by atoms with Gasteiger partial charge in [0.1, 0.15) is 11.4 Å². The molecule has 2 N–H and O–H groups in total. The molecule has 134 valence electrons. The van der Waals surface area contributed by atoms with E-state index in [2.05, 4.69) is 40.4 Å². The molecule has 3 aliphatic rings. The Labute approximate surface area is 156 Å². The summed E-state index contributed by atoms with van der Waals surface area (Å²) in [6, 6.07) is 5.27. The molecule has 1 unspecified atom stereocenters. The number of carbonyl (C=O) groups is 2. The molecule has 0 bridgehead atoms. The second-order valence-corrected chi connectivity index (χ2v) is 8.91. The van der Waals surface area contributed by atoms with Crippen LogP contribution in [-0.4, -0.2) is 17.5 Å². The number of hydrogen-bond acceptors (Lipinski definition) is 3. The summed E-state index contributed by atoms with van der Waals surface area (Å²) >= 11 is 3.47. The molecule has 2 heterocycles. The van der Waals surface area contributed by atoms with Gasteiger partial charge in [-0.1, -0.05) is 29.8 Å². The molecular weight excluding hydrogens is 384 g/mol. The molecule has 6 heteroatoms. The van der Waals surface area contributed by atoms with Crippen molar-refractivity contribution in [2.75, 3.05) is 0 Å². The number of rotatable bonds is 1. The number of benzene rings is 1. The topological polar surface area (TPSA) is 67.4 Å². The summed E-state index contributed by atoms with van der Waals surface area (Å²) < 4.78 is 7.33. The van der Waals surface area contributed by atoms with Crippen molar-refractivity contribution in [2.45, 2.75) is 57.1 Å². The van der Waals surface area contributed by atoms with Gasteiger partial charge in [-0.2, -0.15) is 0 Å². The van der Waals surface area contributed by atoms with E-state index < -0.39 is 11.6 Å². The molecule has 2 fully saturated rings. The predicted molar refractivity (Wildman–Crippen MR) is 97.3 cm³/mol. The smallest absolute Gasteiger partial charge is 0.322 e. The van der Waals surface area contributed by atoms with Crippen LogP contribution in [0.1, 0.15) is 51.5 Å². The number of nitrogens with one attached hydrogen (secondary N) is 2. The number of carbonyl (C=O) groups excluding carboxylic acids is 2. The van der Waals surface area contributed by atoms with E-state index in [9.17, 15) is 9.59 Å². The van der Waals surface area contributed by atoms with E-state index in [4.69, 9.17) is 4.74 Å². The molecule has 1 saturated heterocycles. The number of imide groups is 1. The Kier molecular flexibility index (Phi) is 3.87. The molecule has 1 aromatic rings. The number of hydrogen-bond donors (Lipinski definition) is 2. The van der Waals surface area contributed by atoms with Crippen LogP contribution in [0.15, 0.2) is 22.7 Å². The third kappa shape index (κ3) is 2.65. The van der Waals surface area contributed by atoms with E-state index in [1.807, 2.05) is 18.2 Å². The van der Waals surface area contributed by atoms with Crippen LogP contribution in [0.4, 0.5) is 4.79 Å². The van der Waals surface area contributed by atoms with Gasteiger partial charge >= 0.3 is 6.03 Å². The summed E-state index contributed by atoms with van der Waals surface area (Å²) in [5.41, 5.74) is -0.679. The van der Waals surface area contributed by atoms with Crippen LogP contribution >= 0.6 is 15.9 Å². The average Bonchev–Trinajstić information content (AvgIpc) is 2.83. The van der Waals surface area contributed by atoms with E-state index in [-0.39, 0.29) is 11.5 Å². The highest BCUT2D eigenvalue weighted by Crippen LogP contribution is 2.51. The first-order valence-corrected chi connectivity index (χ1v) is 9.76. The highest BCUT2D eigenvalue weighted by atomic mass is 79.9. The first-order valence-electron chi connectivity index (χ1n) is 8.96. The van der Waals surface area contributed by atoms with Crippen molar-refractivity contribution in [2.24, 2.45) is 11.8 Å². The average molecular weight is 407 g/mol. The number of ether oxygens (including phenoxy) is 1. The quantitative estimate of drug-likeness (QED) is 0.695. The Hall–Kier alpha value is -1.56. The minimum Gasteiger partial charge on any atom is -0.487 e. The molecule has 3 amide bonds. The summed E-state index contributed by atoms with van der Waals surface area (Å²) in [6.45, 7) is 4.53. The molecule has 0 aromatic heterocycles. The van der Waals surface area contributed by atoms with Gasteiger partial charge in [0.15, 0.2) is 5.54 Å². The van der Waals surface area contributed by atoms with Crippen LogP contribution in [0, 0.1) is 11.8 Å². The molecular formula is C19H23BrN2O3. The van der Waals surface area contributed by atoms with E-state index >= 15 is 0 Å². The lowest BCUT2D eigenvalue weighted by atomic mass is 9.67. The SMILES string of the molecule is CC(C)C1CCC2(CC1)CC1(NC(=O)NC1=O)c1cc(Br)ccc1O2. The van der Waals surface area contributed by atoms with Crippen LogP contribution in [0.2, 0.25) is 0 Å². The normalized spacial score (nSPS) is 34.0. The van der Waals surface area contributed by atoms with Gasteiger partial charge < -0.3 is 10.1 Å². The molecule has 1 saturated carbocycles. The van der Waals surface area contributed by atoms with Crippen LogP contribution in [0.25, 0.3) is 0 Å². The van der Waals surface area contributed by atoms with Gasteiger partial charge in [-0.15, -0.1) is 0 Å². The first-order chi connectivity index (χ1) is 11.8. The van der Waals surface area contributed by atoms with E-state index in [0.717, 1.165) is 35.7 Å². The Bertz CT molecular complexity index is 740. The molecule has 1 aliphatic carbocycles. The molecule has 2 aliphatic heterocycles. The maximum atomic E-state index is 12.8. The second kappa shape index (κ2) is 5.73. The van der Waals surface area contributed by atoms with Crippen molar-refractivity contribution in [1.82, 2.24) is 10.6 Å². The Morgan fingerprint density at radius 2 is 1.96 bits per heavy atom. The van der Waals surface area contributed by atoms with Crippen molar-refractivity contribution >= 4 is 27.9 Å². The standard InChI is InChI=1S/C19H23BrN2O3/c1-11(2)12-5-7-18(8-6-12)10-19(16(23)21-17(24)22-19)14-9-13(20)3-4-15(14)25-18/h3-4,9,11-12H,5-8,10H2,1-2H3,(H2,21,22,23,24). The summed E-state index contributed by atoms with van der Waals surface area (Å²) in [5.74, 6) is 1.79. The third-order valence-electron chi connectivity index (χ3n) is 6.14. The third-order valence-corrected chi connectivity index (χ3v) is 6.63. The fraction of sp³-hybridized carbons (Fsp3) is 0.579. The Balaban J connectivity index is 1.74. The fourth-order valence-electron chi connectivity index (χ4n) is 4.69. The zero-order valence-corrected chi connectivity index (χ0v) is 16.1. The summed E-state index contributed by atoms with van der Waals surface area (Å²) in [4.78, 5) is 24.7. The molecule has 25 heavy (non-hydrogen) atoms. The molecule has 5 nitrogen and oxygen atoms in total. The van der Waals surface area contributed by atoms with Crippen molar-refractivity contribution in [3.8, 4) is 5.75 Å². The minimum atomic E-state index is -1.03. The van der Waals surface area contributed by atoms with Crippen LogP contribution in [0.5, 0.6) is 5.75 Å². The van der Waals surface area contributed by atoms with Crippen molar-refractivity contribution in [3.05, 3.63) is 28.2 Å². The fourth-order valence-corrected chi connectivity index (χ4v) is 5.05. The highest BCUT2D eigenvalue weighted by molar-refractivity contribution is 9.10. The summed E-state index contributed by atoms with van der Waals surface area (Å²) in [6.07, 6.45) is 4.50. The van der Waals surface area contributed by atoms with Crippen LogP contribution in [-0.2, 0) is 10.3 Å². The van der Waals surface area contributed by atoms with Gasteiger partial charge in [0.2, 0.25) is 0 Å². The van der Waals surface area contributed by atoms with Crippen molar-refractivity contribution < 1.29 is 14.3 Å². The van der Waals surface area contributed by atoms with E-state index in [1.54, 1.807) is 0 Å². The zero-order valence-electron chi connectivity index (χ0n) is 14.5. The first kappa shape index (κ1) is 16.9. The van der Waals surface area contributed by atoms with Crippen LogP contribution in [0.3, 0.4) is 0 Å². The monoisotopic (exact) mass is 406 g/mol. The summed E-state index contributed by atoms with van der Waals surface area (Å²) in [7, 11) is 0. The van der Waals surface area contributed by atoms with Gasteiger partial charge in [0.05, 0.1) is 0 Å². The van der Waals surface area contributed by atoms with Gasteiger partial charge in [-0.25, -0.2) is 4.79 Å². The lowest BCUT2D eigenvalue weighted by molar-refractivity contribution is -0.129. The Morgan fingerprint density at radius 3 is 2.56 bits per heavy atom. The predicted octanol–water partition coefficient (Wildman–Crippen LogP) is 3.85. The maximum Gasteiger partial charge on any atom is 0.322 e. The number of urea groups is 1. The lowest BCUT2D eigenvalue weighted by Gasteiger charge is -2.49. The highest BCUT2D eigenvalue weighted by Gasteiger charge is 2.58. The largest absolute Gasteiger partial charge is 0.487 e. The maximum absolute atomic E-state index is 12.8. The van der Waals surface area contributed by atoms with Gasteiger partial charge in [-0.3, -0.25) is 10.1 Å². The second-order valence-electron chi connectivity index (χ2n) is 8.00. The number of halogens is 1. The molecule has 1 aromatic carbocycles. The minimum absolute atomic E-state index is 0.273. The van der Waals surface area contributed by atoms with Crippen molar-refractivity contribution in [1.29, 1.82) is 0 Å². The van der Waals surface area contributed by atoms with Gasteiger partial charge in [0.25, 0.3) is 5.91 Å².